The number of hydrogen-bond donors (Lipinski definition) is 2. The molecule has 7 nitrogen and oxygen atoms in total. The highest BCUT2D eigenvalue weighted by molar-refractivity contribution is 5.87. The van der Waals surface area contributed by atoms with E-state index in [9.17, 15) is 0 Å². The van der Waals surface area contributed by atoms with Crippen molar-refractivity contribution in [1.82, 2.24) is 20.2 Å². The first-order chi connectivity index (χ1) is 11.7. The molecule has 3 rings (SSSR count). The zero-order chi connectivity index (χ0) is 16.8. The predicted molar refractivity (Wildman–Crippen MR) is 92.2 cm³/mol. The van der Waals surface area contributed by atoms with E-state index in [2.05, 4.69) is 25.5 Å². The van der Waals surface area contributed by atoms with Gasteiger partial charge in [-0.05, 0) is 31.5 Å². The molecule has 0 aliphatic heterocycles. The van der Waals surface area contributed by atoms with E-state index in [-0.39, 0.29) is 6.10 Å². The third kappa shape index (κ3) is 4.27. The van der Waals surface area contributed by atoms with Crippen molar-refractivity contribution >= 4 is 22.5 Å². The van der Waals surface area contributed by atoms with Crippen molar-refractivity contribution in [3.05, 3.63) is 42.4 Å². The molecule has 0 saturated carbocycles. The number of H-pyrrole nitrogens is 1. The Morgan fingerprint density at radius 1 is 1.21 bits per heavy atom. The van der Waals surface area contributed by atoms with E-state index in [0.717, 1.165) is 22.5 Å². The predicted octanol–water partition coefficient (Wildman–Crippen LogP) is 3.04. The number of aromatic amines is 1. The average molecular weight is 327 g/mol. The maximum Gasteiger partial charge on any atom is 0.160 e. The van der Waals surface area contributed by atoms with Crippen LogP contribution in [-0.4, -0.2) is 39.5 Å². The van der Waals surface area contributed by atoms with Gasteiger partial charge >= 0.3 is 0 Å². The van der Waals surface area contributed by atoms with E-state index in [1.807, 2.05) is 38.1 Å². The fourth-order valence-corrected chi connectivity index (χ4v) is 2.27. The highest BCUT2D eigenvalue weighted by Gasteiger charge is 2.06. The highest BCUT2D eigenvalue weighted by atomic mass is 16.5. The molecule has 0 radical (unpaired) electrons. The van der Waals surface area contributed by atoms with Crippen LogP contribution < -0.4 is 5.32 Å². The second-order valence-electron chi connectivity index (χ2n) is 5.65. The Kier molecular flexibility index (Phi) is 5.35. The van der Waals surface area contributed by atoms with E-state index in [1.165, 1.54) is 6.33 Å². The number of rotatable bonds is 8. The zero-order valence-electron chi connectivity index (χ0n) is 13.8. The zero-order valence-corrected chi connectivity index (χ0v) is 13.8. The van der Waals surface area contributed by atoms with Crippen molar-refractivity contribution in [2.75, 3.05) is 18.5 Å². The van der Waals surface area contributed by atoms with Gasteiger partial charge in [-0.1, -0.05) is 12.1 Å². The summed E-state index contributed by atoms with van der Waals surface area (Å²) in [5.74, 6) is 0.720. The van der Waals surface area contributed by atoms with Crippen LogP contribution in [0.25, 0.3) is 11.0 Å². The molecule has 0 bridgehead atoms. The van der Waals surface area contributed by atoms with Crippen molar-refractivity contribution < 1.29 is 9.47 Å². The quantitative estimate of drug-likeness (QED) is 0.619. The summed E-state index contributed by atoms with van der Waals surface area (Å²) >= 11 is 0. The number of aromatic nitrogens is 4. The summed E-state index contributed by atoms with van der Waals surface area (Å²) in [4.78, 5) is 8.41. The summed E-state index contributed by atoms with van der Waals surface area (Å²) in [5, 5.41) is 11.0. The fourth-order valence-electron chi connectivity index (χ4n) is 2.27. The molecule has 7 heteroatoms. The molecule has 0 fully saturated rings. The summed E-state index contributed by atoms with van der Waals surface area (Å²) in [6.45, 7) is 5.76. The monoisotopic (exact) mass is 327 g/mol. The number of nitrogens with one attached hydrogen (secondary N) is 2. The molecule has 3 aromatic rings. The smallest absolute Gasteiger partial charge is 0.160 e. The standard InChI is InChI=1S/C17H21N5O2/c1-12(2)24-7-6-23-10-13-4-3-5-14(8-13)21-16-15-9-20-22-17(15)19-11-18-16/h3-5,8-9,11-12H,6-7,10H2,1-2H3,(H2,18,19,20,21,22). The van der Waals surface area contributed by atoms with E-state index in [4.69, 9.17) is 9.47 Å². The Balaban J connectivity index is 1.60. The van der Waals surface area contributed by atoms with Gasteiger partial charge in [-0.3, -0.25) is 5.10 Å². The van der Waals surface area contributed by atoms with Crippen molar-refractivity contribution in [3.63, 3.8) is 0 Å². The summed E-state index contributed by atoms with van der Waals surface area (Å²) in [6, 6.07) is 8.04. The van der Waals surface area contributed by atoms with Crippen LogP contribution in [0.4, 0.5) is 11.5 Å². The maximum atomic E-state index is 5.64. The first kappa shape index (κ1) is 16.4. The lowest BCUT2D eigenvalue weighted by molar-refractivity contribution is 0.0143. The lowest BCUT2D eigenvalue weighted by Crippen LogP contribution is -2.09. The molecule has 24 heavy (non-hydrogen) atoms. The van der Waals surface area contributed by atoms with Gasteiger partial charge in [0.1, 0.15) is 12.1 Å². The van der Waals surface area contributed by atoms with Crippen LogP contribution in [0.3, 0.4) is 0 Å². The van der Waals surface area contributed by atoms with Crippen LogP contribution in [-0.2, 0) is 16.1 Å². The average Bonchev–Trinajstić information content (AvgIpc) is 3.04. The Morgan fingerprint density at radius 3 is 3.00 bits per heavy atom. The second kappa shape index (κ2) is 7.85. The molecule has 1 aromatic carbocycles. The summed E-state index contributed by atoms with van der Waals surface area (Å²) in [5.41, 5.74) is 2.73. The number of anilines is 2. The normalized spacial score (nSPS) is 11.3. The molecule has 0 unspecified atom stereocenters. The van der Waals surface area contributed by atoms with E-state index >= 15 is 0 Å². The first-order valence-corrected chi connectivity index (χ1v) is 7.92. The third-order valence-corrected chi connectivity index (χ3v) is 3.39. The molecule has 0 atom stereocenters. The highest BCUT2D eigenvalue weighted by Crippen LogP contribution is 2.22. The summed E-state index contributed by atoms with van der Waals surface area (Å²) in [6.07, 6.45) is 3.44. The number of fused-ring (bicyclic) bond motifs is 1. The molecule has 0 amide bonds. The number of hydrogen-bond acceptors (Lipinski definition) is 6. The van der Waals surface area contributed by atoms with E-state index in [0.29, 0.717) is 25.5 Å². The van der Waals surface area contributed by atoms with Crippen molar-refractivity contribution in [2.24, 2.45) is 0 Å². The van der Waals surface area contributed by atoms with Gasteiger partial charge in [-0.15, -0.1) is 0 Å². The van der Waals surface area contributed by atoms with Gasteiger partial charge in [-0.25, -0.2) is 9.97 Å². The second-order valence-corrected chi connectivity index (χ2v) is 5.65. The van der Waals surface area contributed by atoms with Gasteiger partial charge in [0.2, 0.25) is 0 Å². The Hall–Kier alpha value is -2.51. The third-order valence-electron chi connectivity index (χ3n) is 3.39. The van der Waals surface area contributed by atoms with Crippen LogP contribution in [0, 0.1) is 0 Å². The number of benzene rings is 1. The van der Waals surface area contributed by atoms with Crippen molar-refractivity contribution in [1.29, 1.82) is 0 Å². The van der Waals surface area contributed by atoms with Gasteiger partial charge in [0.05, 0.1) is 37.5 Å². The Bertz CT molecular complexity index is 787. The van der Waals surface area contributed by atoms with Crippen molar-refractivity contribution in [3.8, 4) is 0 Å². The minimum atomic E-state index is 0.230. The maximum absolute atomic E-state index is 5.64. The lowest BCUT2D eigenvalue weighted by Gasteiger charge is -2.10. The topological polar surface area (TPSA) is 85.0 Å². The molecule has 0 aliphatic carbocycles. The van der Waals surface area contributed by atoms with Crippen LogP contribution in [0.15, 0.2) is 36.8 Å². The van der Waals surface area contributed by atoms with Gasteiger partial charge < -0.3 is 14.8 Å². The molecular formula is C17H21N5O2. The molecular weight excluding hydrogens is 306 g/mol. The molecule has 126 valence electrons. The first-order valence-electron chi connectivity index (χ1n) is 7.92. The van der Waals surface area contributed by atoms with Gasteiger partial charge in [0.15, 0.2) is 5.65 Å². The van der Waals surface area contributed by atoms with Gasteiger partial charge in [0.25, 0.3) is 0 Å². The fraction of sp³-hybridized carbons (Fsp3) is 0.353. The molecule has 2 heterocycles. The summed E-state index contributed by atoms with van der Waals surface area (Å²) in [7, 11) is 0. The van der Waals surface area contributed by atoms with Gasteiger partial charge in [-0.2, -0.15) is 5.10 Å². The summed E-state index contributed by atoms with van der Waals surface area (Å²) < 4.78 is 11.1. The SMILES string of the molecule is CC(C)OCCOCc1cccc(Nc2ncnc3[nH]ncc23)c1. The molecule has 2 N–H and O–H groups in total. The van der Waals surface area contributed by atoms with Crippen LogP contribution >= 0.6 is 0 Å². The molecule has 2 aromatic heterocycles. The van der Waals surface area contributed by atoms with Crippen LogP contribution in [0.5, 0.6) is 0 Å². The minimum Gasteiger partial charge on any atom is -0.376 e. The lowest BCUT2D eigenvalue weighted by atomic mass is 10.2. The molecule has 0 aliphatic rings. The van der Waals surface area contributed by atoms with Gasteiger partial charge in [0, 0.05) is 5.69 Å². The number of nitrogens with zero attached hydrogens (tertiary/aromatic N) is 3. The molecule has 0 saturated heterocycles. The van der Waals surface area contributed by atoms with Crippen LogP contribution in [0.2, 0.25) is 0 Å². The molecule has 0 spiro atoms. The van der Waals surface area contributed by atoms with E-state index in [1.54, 1.807) is 6.20 Å². The largest absolute Gasteiger partial charge is 0.376 e. The van der Waals surface area contributed by atoms with E-state index < -0.39 is 0 Å². The Labute approximate surface area is 140 Å². The Morgan fingerprint density at radius 2 is 2.12 bits per heavy atom. The van der Waals surface area contributed by atoms with Crippen molar-refractivity contribution in [2.45, 2.75) is 26.6 Å². The van der Waals surface area contributed by atoms with Crippen LogP contribution in [0.1, 0.15) is 19.4 Å². The minimum absolute atomic E-state index is 0.230. The number of ether oxygens (including phenoxy) is 2.